The summed E-state index contributed by atoms with van der Waals surface area (Å²) in [6.45, 7) is 23.3. The number of ether oxygens (including phenoxy) is 2. The zero-order chi connectivity index (χ0) is 35.7. The van der Waals surface area contributed by atoms with Crippen molar-refractivity contribution in [1.82, 2.24) is 30.6 Å². The zero-order valence-electron chi connectivity index (χ0n) is 30.3. The quantitative estimate of drug-likeness (QED) is 0.159. The van der Waals surface area contributed by atoms with Crippen LogP contribution in [-0.2, 0) is 9.47 Å². The predicted octanol–water partition coefficient (Wildman–Crippen LogP) is 8.58. The first-order valence-electron chi connectivity index (χ1n) is 16.2. The smallest absolute Gasteiger partial charge is 0.408 e. The second-order valence-electron chi connectivity index (χ2n) is 16.3. The van der Waals surface area contributed by atoms with E-state index in [1.807, 2.05) is 126 Å². The van der Waals surface area contributed by atoms with E-state index < -0.39 is 23.4 Å². The van der Waals surface area contributed by atoms with Crippen LogP contribution in [0.25, 0.3) is 22.3 Å². The van der Waals surface area contributed by atoms with Crippen LogP contribution in [0.3, 0.4) is 0 Å². The number of H-pyrrole nitrogens is 2. The normalized spacial score (nSPS) is 13.7. The van der Waals surface area contributed by atoms with Crippen LogP contribution in [0, 0.1) is 22.7 Å². The number of rotatable bonds is 5. The van der Waals surface area contributed by atoms with Gasteiger partial charge in [-0.3, -0.25) is 0 Å². The minimum Gasteiger partial charge on any atom is -0.444 e. The summed E-state index contributed by atoms with van der Waals surface area (Å²) >= 11 is 0. The van der Waals surface area contributed by atoms with Gasteiger partial charge in [0.1, 0.15) is 22.9 Å². The molecule has 0 bridgehead atoms. The molecule has 0 fully saturated rings. The summed E-state index contributed by atoms with van der Waals surface area (Å²) in [5.41, 5.74) is 3.26. The number of alkyl carbamates (subject to hydrolysis) is 2. The van der Waals surface area contributed by atoms with Crippen molar-refractivity contribution in [3.8, 4) is 23.1 Å². The fraction of sp³-hybridized carbons (Fsp3) is 0.474. The van der Waals surface area contributed by atoms with Gasteiger partial charge < -0.3 is 30.1 Å². The van der Waals surface area contributed by atoms with Crippen molar-refractivity contribution >= 4 is 23.2 Å². The van der Waals surface area contributed by atoms with Crippen LogP contribution in [-0.4, -0.2) is 43.3 Å². The number of hydrogen-bond acceptors (Lipinski definition) is 6. The molecule has 0 aliphatic carbocycles. The van der Waals surface area contributed by atoms with E-state index in [1.54, 1.807) is 6.20 Å². The Bertz CT molecular complexity index is 1810. The van der Waals surface area contributed by atoms with E-state index in [9.17, 15) is 9.59 Å². The average Bonchev–Trinajstić information content (AvgIpc) is 3.58. The van der Waals surface area contributed by atoms with E-state index in [4.69, 9.17) is 14.5 Å². The van der Waals surface area contributed by atoms with Crippen molar-refractivity contribution in [1.29, 1.82) is 0 Å². The molecule has 4 aromatic rings. The molecule has 0 saturated carbocycles. The van der Waals surface area contributed by atoms with Crippen LogP contribution in [0.15, 0.2) is 48.7 Å². The lowest BCUT2D eigenvalue weighted by Crippen LogP contribution is -2.40. The summed E-state index contributed by atoms with van der Waals surface area (Å²) in [5.74, 6) is 7.80. The summed E-state index contributed by atoms with van der Waals surface area (Å²) in [5, 5.41) is 5.96. The summed E-state index contributed by atoms with van der Waals surface area (Å²) in [6.07, 6.45) is 0.796. The molecular weight excluding hydrogens is 604 g/mol. The van der Waals surface area contributed by atoms with Crippen molar-refractivity contribution in [2.45, 2.75) is 106 Å². The molecule has 10 nitrogen and oxygen atoms in total. The molecule has 48 heavy (non-hydrogen) atoms. The first kappa shape index (κ1) is 36.1. The number of nitrogens with zero attached hydrogens (tertiary/aromatic N) is 2. The molecule has 256 valence electrons. The number of carbonyl (C=O) groups excluding carboxylic acids is 2. The van der Waals surface area contributed by atoms with Crippen molar-refractivity contribution in [2.24, 2.45) is 10.8 Å². The lowest BCUT2D eigenvalue weighted by atomic mass is 9.86. The first-order chi connectivity index (χ1) is 22.1. The Hall–Kier alpha value is -4.78. The molecule has 4 rings (SSSR count). The number of hydrogen-bond donors (Lipinski definition) is 4. The molecule has 0 radical (unpaired) electrons. The molecule has 0 spiro atoms. The summed E-state index contributed by atoms with van der Waals surface area (Å²) < 4.78 is 11.0. The minimum atomic E-state index is -0.602. The Morgan fingerprint density at radius 1 is 0.688 bits per heavy atom. The van der Waals surface area contributed by atoms with Crippen LogP contribution in [0.5, 0.6) is 0 Å². The first-order valence-corrected chi connectivity index (χ1v) is 16.2. The van der Waals surface area contributed by atoms with Gasteiger partial charge in [0.2, 0.25) is 0 Å². The van der Waals surface area contributed by atoms with Crippen molar-refractivity contribution in [3.63, 3.8) is 0 Å². The minimum absolute atomic E-state index is 0.308. The van der Waals surface area contributed by atoms with E-state index in [0.29, 0.717) is 11.6 Å². The maximum absolute atomic E-state index is 12.6. The standard InChI is InChI=1S/C38H50N6O4/c1-35(2,3)29(43-33(45)47-37(7,8)9)31-39-22-28(42-31)25-18-15-23(16-19-25)13-14-24-17-20-26-27(21-24)41-32(40-26)30(36(4,5)6)44-34(46)48-38(10,11)12/h15-22,29-30H,1-12H3,(H,39,42)(H,40,41)(H,43,45)(H,44,46)/t29?,30-/m1/s1. The fourth-order valence-electron chi connectivity index (χ4n) is 4.99. The van der Waals surface area contributed by atoms with Crippen LogP contribution in [0.2, 0.25) is 0 Å². The lowest BCUT2D eigenvalue weighted by Gasteiger charge is -2.31. The molecule has 0 saturated heterocycles. The maximum atomic E-state index is 12.6. The number of benzene rings is 2. The third-order valence-corrected chi connectivity index (χ3v) is 7.24. The van der Waals surface area contributed by atoms with Gasteiger partial charge in [0.25, 0.3) is 0 Å². The average molecular weight is 655 g/mol. The van der Waals surface area contributed by atoms with Crippen LogP contribution < -0.4 is 10.6 Å². The van der Waals surface area contributed by atoms with Gasteiger partial charge in [-0.15, -0.1) is 0 Å². The van der Waals surface area contributed by atoms with Crippen molar-refractivity contribution in [2.75, 3.05) is 0 Å². The molecule has 2 amide bonds. The summed E-state index contributed by atoms with van der Waals surface area (Å²) in [4.78, 5) is 41.3. The SMILES string of the molecule is CC(C)(C)OC(=O)NC(c1ncc(-c2ccc(C#Cc3ccc4nc([C@@H](NC(=O)OC(C)(C)C)C(C)(C)C)[nH]c4c3)cc2)[nH]1)C(C)(C)C. The molecule has 1 unspecified atom stereocenters. The Balaban J connectivity index is 1.49. The Kier molecular flexibility index (Phi) is 10.1. The Morgan fingerprint density at radius 3 is 1.71 bits per heavy atom. The molecule has 10 heteroatoms. The molecular formula is C38H50N6O4. The fourth-order valence-corrected chi connectivity index (χ4v) is 4.99. The zero-order valence-corrected chi connectivity index (χ0v) is 30.3. The molecule has 2 aromatic carbocycles. The van der Waals surface area contributed by atoms with E-state index >= 15 is 0 Å². The van der Waals surface area contributed by atoms with E-state index in [-0.39, 0.29) is 22.9 Å². The Morgan fingerprint density at radius 2 is 1.19 bits per heavy atom. The van der Waals surface area contributed by atoms with Gasteiger partial charge in [0.15, 0.2) is 0 Å². The third-order valence-electron chi connectivity index (χ3n) is 7.24. The van der Waals surface area contributed by atoms with Gasteiger partial charge in [-0.2, -0.15) is 0 Å². The second kappa shape index (κ2) is 13.4. The van der Waals surface area contributed by atoms with Gasteiger partial charge >= 0.3 is 12.2 Å². The molecule has 0 aliphatic heterocycles. The number of imidazole rings is 2. The predicted molar refractivity (Wildman–Crippen MR) is 189 cm³/mol. The van der Waals surface area contributed by atoms with Crippen molar-refractivity contribution in [3.05, 3.63) is 71.4 Å². The van der Waals surface area contributed by atoms with E-state index in [0.717, 1.165) is 33.4 Å². The van der Waals surface area contributed by atoms with Crippen molar-refractivity contribution < 1.29 is 19.1 Å². The molecule has 4 N–H and O–H groups in total. The van der Waals surface area contributed by atoms with E-state index in [2.05, 4.69) is 37.4 Å². The number of amides is 2. The molecule has 2 aromatic heterocycles. The second-order valence-corrected chi connectivity index (χ2v) is 16.3. The van der Waals surface area contributed by atoms with Gasteiger partial charge in [0, 0.05) is 11.1 Å². The van der Waals surface area contributed by atoms with Crippen LogP contribution in [0.1, 0.15) is 118 Å². The highest BCUT2D eigenvalue weighted by Gasteiger charge is 2.33. The number of fused-ring (bicyclic) bond motifs is 1. The summed E-state index contributed by atoms with van der Waals surface area (Å²) in [7, 11) is 0. The number of carbonyl (C=O) groups is 2. The molecule has 2 atom stereocenters. The van der Waals surface area contributed by atoms with Crippen LogP contribution >= 0.6 is 0 Å². The highest BCUT2D eigenvalue weighted by atomic mass is 16.6. The van der Waals surface area contributed by atoms with Gasteiger partial charge in [0.05, 0.1) is 35.0 Å². The topological polar surface area (TPSA) is 134 Å². The lowest BCUT2D eigenvalue weighted by molar-refractivity contribution is 0.0448. The molecule has 0 aliphatic rings. The highest BCUT2D eigenvalue weighted by molar-refractivity contribution is 5.77. The third kappa shape index (κ3) is 9.86. The number of aromatic amines is 2. The van der Waals surface area contributed by atoms with Gasteiger partial charge in [-0.25, -0.2) is 19.6 Å². The largest absolute Gasteiger partial charge is 0.444 e. The van der Waals surface area contributed by atoms with Gasteiger partial charge in [-0.05, 0) is 88.3 Å². The monoisotopic (exact) mass is 654 g/mol. The number of aromatic nitrogens is 4. The number of nitrogens with one attached hydrogen (secondary N) is 4. The molecule has 2 heterocycles. The Labute approximate surface area is 284 Å². The highest BCUT2D eigenvalue weighted by Crippen LogP contribution is 2.34. The summed E-state index contributed by atoms with van der Waals surface area (Å²) in [6, 6.07) is 13.0. The maximum Gasteiger partial charge on any atom is 0.408 e. The van der Waals surface area contributed by atoms with Crippen LogP contribution in [0.4, 0.5) is 9.59 Å². The van der Waals surface area contributed by atoms with E-state index in [1.165, 1.54) is 0 Å². The van der Waals surface area contributed by atoms with Gasteiger partial charge in [-0.1, -0.05) is 65.5 Å².